The van der Waals surface area contributed by atoms with Crippen molar-refractivity contribution >= 4 is 37.2 Å². The van der Waals surface area contributed by atoms with Crippen molar-refractivity contribution in [3.63, 3.8) is 0 Å². The summed E-state index contributed by atoms with van der Waals surface area (Å²) in [6.07, 6.45) is 0. The highest BCUT2D eigenvalue weighted by Gasteiger charge is 2.25. The Bertz CT molecular complexity index is 286. The van der Waals surface area contributed by atoms with Crippen LogP contribution in [0.2, 0.25) is 0 Å². The summed E-state index contributed by atoms with van der Waals surface area (Å²) in [5.74, 6) is 0. The van der Waals surface area contributed by atoms with Gasteiger partial charge in [0.25, 0.3) is 0 Å². The van der Waals surface area contributed by atoms with Gasteiger partial charge in [-0.3, -0.25) is 0 Å². The van der Waals surface area contributed by atoms with Gasteiger partial charge in [-0.2, -0.15) is 5.06 Å². The third-order valence-electron chi connectivity index (χ3n) is 2.34. The number of hydroxylamine groups is 2. The van der Waals surface area contributed by atoms with E-state index in [4.69, 9.17) is 0 Å². The molecule has 0 aliphatic heterocycles. The maximum absolute atomic E-state index is 9.94. The zero-order chi connectivity index (χ0) is 14.8. The van der Waals surface area contributed by atoms with Crippen molar-refractivity contribution in [1.82, 2.24) is 5.06 Å². The molecule has 1 rings (SSSR count). The molecule has 1 N–H and O–H groups in total. The Morgan fingerprint density at radius 3 is 1.78 bits per heavy atom. The van der Waals surface area contributed by atoms with Crippen molar-refractivity contribution in [2.75, 3.05) is 0 Å². The molecule has 1 unspecified atom stereocenters. The third-order valence-corrected chi connectivity index (χ3v) is 2.34. The Balaban J connectivity index is 0. The summed E-state index contributed by atoms with van der Waals surface area (Å²) in [6, 6.07) is 10.0. The lowest BCUT2D eigenvalue weighted by Gasteiger charge is -2.34. The molecule has 1 aromatic rings. The highest BCUT2D eigenvalue weighted by molar-refractivity contribution is 15.0. The Labute approximate surface area is 135 Å². The van der Waals surface area contributed by atoms with Crippen molar-refractivity contribution in [1.29, 1.82) is 0 Å². The molecule has 106 valence electrons. The van der Waals surface area contributed by atoms with Crippen LogP contribution in [0.3, 0.4) is 0 Å². The van der Waals surface area contributed by atoms with Gasteiger partial charge >= 0.3 is 0 Å². The van der Waals surface area contributed by atoms with E-state index in [-0.39, 0.29) is 11.6 Å². The molecule has 0 spiro atoms. The average Bonchev–Trinajstić information content (AvgIpc) is 2.41. The minimum atomic E-state index is -0.227. The summed E-state index contributed by atoms with van der Waals surface area (Å²) in [7, 11) is 0. The van der Waals surface area contributed by atoms with Crippen LogP contribution in [-0.2, 0) is 0 Å². The Hall–Kier alpha value is 0.600. The summed E-state index contributed by atoms with van der Waals surface area (Å²) >= 11 is 4.24. The van der Waals surface area contributed by atoms with Crippen LogP contribution in [0, 0.1) is 0 Å². The summed E-state index contributed by atoms with van der Waals surface area (Å²) in [5.41, 5.74) is 0.903. The van der Waals surface area contributed by atoms with Crippen LogP contribution in [0.15, 0.2) is 30.3 Å². The van der Waals surface area contributed by atoms with Crippen LogP contribution in [0.4, 0.5) is 0 Å². The third kappa shape index (κ3) is 7.91. The van der Waals surface area contributed by atoms with Crippen molar-refractivity contribution < 1.29 is 5.21 Å². The van der Waals surface area contributed by atoms with Crippen LogP contribution < -0.4 is 0 Å². The van der Waals surface area contributed by atoms with E-state index >= 15 is 0 Å². The summed E-state index contributed by atoms with van der Waals surface area (Å²) in [6.45, 7) is 12.0. The Morgan fingerprint density at radius 1 is 1.06 bits per heavy atom. The molecule has 0 bridgehead atoms. The van der Waals surface area contributed by atoms with Gasteiger partial charge < -0.3 is 5.21 Å². The summed E-state index contributed by atoms with van der Waals surface area (Å²) in [5, 5.41) is 11.3. The molecule has 0 aliphatic carbocycles. The number of halogens is 2. The highest BCUT2D eigenvalue weighted by Crippen LogP contribution is 2.24. The molecule has 18 heavy (non-hydrogen) atoms. The van der Waals surface area contributed by atoms with E-state index in [1.54, 1.807) is 0 Å². The van der Waals surface area contributed by atoms with Gasteiger partial charge in [0.15, 0.2) is 0 Å². The minimum absolute atomic E-state index is 0.0243. The van der Waals surface area contributed by atoms with Crippen molar-refractivity contribution in [2.24, 2.45) is 0 Å². The molecule has 0 aliphatic rings. The van der Waals surface area contributed by atoms with E-state index < -0.39 is 0 Å². The summed E-state index contributed by atoms with van der Waals surface area (Å²) < 4.78 is 0. The monoisotopic (exact) mass is 477 g/mol. The van der Waals surface area contributed by atoms with Gasteiger partial charge in [-0.1, -0.05) is 44.2 Å². The Morgan fingerprint density at radius 2 is 1.44 bits per heavy atom. The lowest BCUT2D eigenvalue weighted by molar-refractivity contribution is -0.184. The molecular formula is C14H25I2NO. The van der Waals surface area contributed by atoms with E-state index in [1.165, 1.54) is 5.06 Å². The second-order valence-electron chi connectivity index (χ2n) is 4.60. The molecule has 2 nitrogen and oxygen atoms in total. The molecule has 1 aromatic carbocycles. The van der Waals surface area contributed by atoms with Crippen molar-refractivity contribution in [2.45, 2.75) is 53.1 Å². The number of nitrogens with zero attached hydrogens (tertiary/aromatic N) is 1. The van der Waals surface area contributed by atoms with E-state index in [2.05, 4.69) is 37.2 Å². The topological polar surface area (TPSA) is 23.5 Å². The van der Waals surface area contributed by atoms with Gasteiger partial charge in [0, 0.05) is 42.8 Å². The van der Waals surface area contributed by atoms with Gasteiger partial charge in [-0.25, -0.2) is 0 Å². The fraction of sp³-hybridized carbons (Fsp3) is 0.571. The van der Waals surface area contributed by atoms with Crippen molar-refractivity contribution in [3.05, 3.63) is 35.9 Å². The van der Waals surface area contributed by atoms with E-state index in [0.29, 0.717) is 0 Å². The maximum Gasteiger partial charge on any atom is 0.0577 e. The molecule has 0 amide bonds. The van der Waals surface area contributed by atoms with Crippen LogP contribution in [0.1, 0.15) is 53.1 Å². The van der Waals surface area contributed by atoms with E-state index in [1.807, 2.05) is 71.9 Å². The standard InChI is InChI=1S/C12H19NO.C2H6.I2/c1-10(13(14)12(2,3)4)11-8-6-5-7-9-11;2*1-2/h5-10,14H,1-4H3;1-2H3;. The van der Waals surface area contributed by atoms with Crippen LogP contribution in [0.25, 0.3) is 0 Å². The predicted octanol–water partition coefficient (Wildman–Crippen LogP) is 6.03. The highest BCUT2D eigenvalue weighted by atomic mass is 128. The normalized spacial score (nSPS) is 11.9. The number of hydrogen-bond acceptors (Lipinski definition) is 2. The quantitative estimate of drug-likeness (QED) is 0.415. The van der Waals surface area contributed by atoms with Gasteiger partial charge in [-0.15, -0.1) is 0 Å². The molecule has 0 radical (unpaired) electrons. The minimum Gasteiger partial charge on any atom is -0.313 e. The SMILES string of the molecule is CC.CC(c1ccccc1)N(O)C(C)(C)C.II. The first-order chi connectivity index (χ1) is 8.43. The first-order valence-electron chi connectivity index (χ1n) is 6.10. The zero-order valence-electron chi connectivity index (χ0n) is 12.1. The number of rotatable bonds is 2. The smallest absolute Gasteiger partial charge is 0.0577 e. The van der Waals surface area contributed by atoms with Crippen LogP contribution in [-0.4, -0.2) is 15.8 Å². The summed E-state index contributed by atoms with van der Waals surface area (Å²) in [4.78, 5) is 0. The Kier molecular flexibility index (Phi) is 13.3. The van der Waals surface area contributed by atoms with Crippen LogP contribution >= 0.6 is 37.2 Å². The molecule has 0 heterocycles. The molecule has 0 saturated carbocycles. The van der Waals surface area contributed by atoms with E-state index in [9.17, 15) is 5.21 Å². The fourth-order valence-corrected chi connectivity index (χ4v) is 1.45. The molecular weight excluding hydrogens is 452 g/mol. The largest absolute Gasteiger partial charge is 0.313 e. The lowest BCUT2D eigenvalue weighted by atomic mass is 10.0. The van der Waals surface area contributed by atoms with Crippen molar-refractivity contribution in [3.8, 4) is 0 Å². The van der Waals surface area contributed by atoms with E-state index in [0.717, 1.165) is 5.56 Å². The van der Waals surface area contributed by atoms with Crippen LogP contribution in [0.5, 0.6) is 0 Å². The number of hydrogen-bond donors (Lipinski definition) is 1. The van der Waals surface area contributed by atoms with Gasteiger partial charge in [-0.05, 0) is 33.3 Å². The zero-order valence-corrected chi connectivity index (χ0v) is 16.4. The molecule has 1 atom stereocenters. The molecule has 4 heteroatoms. The molecule has 0 fully saturated rings. The average molecular weight is 477 g/mol. The number of benzene rings is 1. The first-order valence-corrected chi connectivity index (χ1v) is 12.4. The van der Waals surface area contributed by atoms with Gasteiger partial charge in [0.2, 0.25) is 0 Å². The lowest BCUT2D eigenvalue weighted by Crippen LogP contribution is -2.40. The maximum atomic E-state index is 9.94. The van der Waals surface area contributed by atoms with Gasteiger partial charge in [0.05, 0.1) is 6.04 Å². The molecule has 0 aromatic heterocycles. The predicted molar refractivity (Wildman–Crippen MR) is 97.6 cm³/mol. The first kappa shape index (κ1) is 20.9. The second kappa shape index (κ2) is 11.4. The second-order valence-corrected chi connectivity index (χ2v) is 4.60. The molecule has 0 saturated heterocycles. The fourth-order valence-electron chi connectivity index (χ4n) is 1.45. The van der Waals surface area contributed by atoms with Gasteiger partial charge in [0.1, 0.15) is 0 Å².